The predicted octanol–water partition coefficient (Wildman–Crippen LogP) is 1.76. The molecule has 5 heteroatoms. The van der Waals surface area contributed by atoms with E-state index in [4.69, 9.17) is 4.74 Å². The number of hydrogen-bond acceptors (Lipinski definition) is 3. The fourth-order valence-electron chi connectivity index (χ4n) is 2.65. The highest BCUT2D eigenvalue weighted by Gasteiger charge is 2.27. The molecule has 2 amide bonds. The van der Waals surface area contributed by atoms with Crippen molar-refractivity contribution in [1.29, 1.82) is 0 Å². The number of aryl methyl sites for hydroxylation is 2. The molecule has 0 radical (unpaired) electrons. The molecule has 0 aromatic heterocycles. The van der Waals surface area contributed by atoms with E-state index in [1.54, 1.807) is 23.6 Å². The van der Waals surface area contributed by atoms with E-state index in [9.17, 15) is 9.59 Å². The largest absolute Gasteiger partial charge is 0.481 e. The van der Waals surface area contributed by atoms with Gasteiger partial charge in [0.2, 0.25) is 0 Å². The van der Waals surface area contributed by atoms with E-state index in [2.05, 4.69) is 11.8 Å². The van der Waals surface area contributed by atoms with E-state index in [1.807, 2.05) is 32.0 Å². The Balaban J connectivity index is 1.93. The molecule has 1 heterocycles. The molecular formula is C19H24N2O3. The molecule has 1 aromatic rings. The molecule has 1 atom stereocenters. The van der Waals surface area contributed by atoms with Crippen LogP contribution in [0.2, 0.25) is 0 Å². The number of carbonyl (C=O) groups is 2. The third kappa shape index (κ3) is 4.29. The van der Waals surface area contributed by atoms with Gasteiger partial charge in [0, 0.05) is 26.2 Å². The van der Waals surface area contributed by atoms with Crippen LogP contribution < -0.4 is 4.74 Å². The van der Waals surface area contributed by atoms with Crippen molar-refractivity contribution in [3.63, 3.8) is 0 Å². The summed E-state index contributed by atoms with van der Waals surface area (Å²) >= 11 is 0. The molecule has 1 aliphatic rings. The highest BCUT2D eigenvalue weighted by atomic mass is 16.5. The molecule has 128 valence electrons. The van der Waals surface area contributed by atoms with Crippen LogP contribution in [0.5, 0.6) is 5.75 Å². The number of ether oxygens (including phenoxy) is 1. The minimum absolute atomic E-state index is 0.0513. The van der Waals surface area contributed by atoms with Gasteiger partial charge in [-0.2, -0.15) is 0 Å². The number of hydrogen-bond donors (Lipinski definition) is 0. The van der Waals surface area contributed by atoms with Gasteiger partial charge in [0.1, 0.15) is 5.75 Å². The van der Waals surface area contributed by atoms with Crippen molar-refractivity contribution >= 4 is 11.8 Å². The fraction of sp³-hybridized carbons (Fsp3) is 0.474. The van der Waals surface area contributed by atoms with Gasteiger partial charge in [0.05, 0.1) is 0 Å². The molecule has 0 spiro atoms. The lowest BCUT2D eigenvalue weighted by molar-refractivity contribution is -0.142. The van der Waals surface area contributed by atoms with Crippen LogP contribution in [0.15, 0.2) is 18.2 Å². The third-order valence-electron chi connectivity index (χ3n) is 4.11. The average molecular weight is 328 g/mol. The monoisotopic (exact) mass is 328 g/mol. The van der Waals surface area contributed by atoms with Crippen molar-refractivity contribution in [3.05, 3.63) is 29.3 Å². The smallest absolute Gasteiger partial charge is 0.298 e. The summed E-state index contributed by atoms with van der Waals surface area (Å²) in [6.07, 6.45) is -0.553. The van der Waals surface area contributed by atoms with Crippen LogP contribution in [0.1, 0.15) is 25.0 Å². The maximum absolute atomic E-state index is 12.6. The zero-order valence-corrected chi connectivity index (χ0v) is 14.8. The van der Waals surface area contributed by atoms with E-state index >= 15 is 0 Å². The van der Waals surface area contributed by atoms with E-state index < -0.39 is 6.10 Å². The molecule has 2 rings (SSSR count). The SMILES string of the molecule is CC#CC(=O)N1CCN(C(=O)[C@H](C)Oc2cc(C)ccc2C)CC1. The van der Waals surface area contributed by atoms with Crippen molar-refractivity contribution in [2.45, 2.75) is 33.8 Å². The van der Waals surface area contributed by atoms with Crippen LogP contribution in [0.25, 0.3) is 0 Å². The summed E-state index contributed by atoms with van der Waals surface area (Å²) in [7, 11) is 0. The van der Waals surface area contributed by atoms with E-state index in [-0.39, 0.29) is 11.8 Å². The van der Waals surface area contributed by atoms with Crippen molar-refractivity contribution in [1.82, 2.24) is 9.80 Å². The summed E-state index contributed by atoms with van der Waals surface area (Å²) < 4.78 is 5.86. The fourth-order valence-corrected chi connectivity index (χ4v) is 2.65. The molecule has 1 aromatic carbocycles. The van der Waals surface area contributed by atoms with Gasteiger partial charge >= 0.3 is 0 Å². The summed E-state index contributed by atoms with van der Waals surface area (Å²) in [4.78, 5) is 27.7. The van der Waals surface area contributed by atoms with Crippen molar-refractivity contribution in [2.75, 3.05) is 26.2 Å². The minimum Gasteiger partial charge on any atom is -0.481 e. The molecule has 24 heavy (non-hydrogen) atoms. The van der Waals surface area contributed by atoms with E-state index in [0.717, 1.165) is 16.9 Å². The minimum atomic E-state index is -0.553. The molecule has 0 bridgehead atoms. The molecule has 0 saturated carbocycles. The number of amides is 2. The Morgan fingerprint density at radius 2 is 1.75 bits per heavy atom. The van der Waals surface area contributed by atoms with Gasteiger partial charge in [-0.05, 0) is 50.8 Å². The first kappa shape index (κ1) is 17.9. The summed E-state index contributed by atoms with van der Waals surface area (Å²) in [5.74, 6) is 5.66. The lowest BCUT2D eigenvalue weighted by Crippen LogP contribution is -2.53. The molecule has 0 aliphatic carbocycles. The second-order valence-electron chi connectivity index (χ2n) is 6.02. The van der Waals surface area contributed by atoms with Crippen molar-refractivity contribution in [2.24, 2.45) is 0 Å². The Morgan fingerprint density at radius 1 is 1.12 bits per heavy atom. The molecule has 1 fully saturated rings. The number of nitrogens with zero attached hydrogens (tertiary/aromatic N) is 2. The standard InChI is InChI=1S/C19H24N2O3/c1-5-6-18(22)20-9-11-21(12-10-20)19(23)16(4)24-17-13-14(2)7-8-15(17)3/h7-8,13,16H,9-12H2,1-4H3/t16-/m0/s1. The van der Waals surface area contributed by atoms with Gasteiger partial charge in [-0.3, -0.25) is 9.59 Å². The van der Waals surface area contributed by atoms with Gasteiger partial charge < -0.3 is 14.5 Å². The van der Waals surface area contributed by atoms with Gasteiger partial charge in [-0.1, -0.05) is 18.1 Å². The highest BCUT2D eigenvalue weighted by Crippen LogP contribution is 2.21. The maximum Gasteiger partial charge on any atom is 0.298 e. The van der Waals surface area contributed by atoms with Crippen LogP contribution in [0.4, 0.5) is 0 Å². The number of carbonyl (C=O) groups excluding carboxylic acids is 2. The molecule has 5 nitrogen and oxygen atoms in total. The van der Waals surface area contributed by atoms with Crippen LogP contribution in [0.3, 0.4) is 0 Å². The summed E-state index contributed by atoms with van der Waals surface area (Å²) in [5.41, 5.74) is 2.10. The zero-order chi connectivity index (χ0) is 17.7. The average Bonchev–Trinajstić information content (AvgIpc) is 2.57. The lowest BCUT2D eigenvalue weighted by Gasteiger charge is -2.35. The Morgan fingerprint density at radius 3 is 2.38 bits per heavy atom. The van der Waals surface area contributed by atoms with Crippen LogP contribution in [-0.4, -0.2) is 53.9 Å². The van der Waals surface area contributed by atoms with E-state index in [0.29, 0.717) is 26.2 Å². The Labute approximate surface area is 143 Å². The molecule has 0 unspecified atom stereocenters. The normalized spacial score (nSPS) is 15.3. The van der Waals surface area contributed by atoms with Gasteiger partial charge in [-0.25, -0.2) is 0 Å². The lowest BCUT2D eigenvalue weighted by atomic mass is 10.1. The van der Waals surface area contributed by atoms with Crippen LogP contribution >= 0.6 is 0 Å². The quantitative estimate of drug-likeness (QED) is 0.795. The number of piperazine rings is 1. The molecule has 1 saturated heterocycles. The number of benzene rings is 1. The van der Waals surface area contributed by atoms with Crippen molar-refractivity contribution < 1.29 is 14.3 Å². The van der Waals surface area contributed by atoms with Gasteiger partial charge in [0.15, 0.2) is 6.10 Å². The van der Waals surface area contributed by atoms with Crippen LogP contribution in [-0.2, 0) is 9.59 Å². The molecular weight excluding hydrogens is 304 g/mol. The predicted molar refractivity (Wildman–Crippen MR) is 92.6 cm³/mol. The van der Waals surface area contributed by atoms with E-state index in [1.165, 1.54) is 0 Å². The van der Waals surface area contributed by atoms with Gasteiger partial charge in [-0.15, -0.1) is 0 Å². The molecule has 0 N–H and O–H groups in total. The Hall–Kier alpha value is -2.48. The van der Waals surface area contributed by atoms with Gasteiger partial charge in [0.25, 0.3) is 11.8 Å². The van der Waals surface area contributed by atoms with Crippen LogP contribution in [0, 0.1) is 25.7 Å². The summed E-state index contributed by atoms with van der Waals surface area (Å²) in [6.45, 7) is 9.41. The van der Waals surface area contributed by atoms with Crippen molar-refractivity contribution in [3.8, 4) is 17.6 Å². The maximum atomic E-state index is 12.6. The Kier molecular flexibility index (Phi) is 5.86. The summed E-state index contributed by atoms with van der Waals surface area (Å²) in [5, 5.41) is 0. The first-order valence-electron chi connectivity index (χ1n) is 8.16. The Bertz CT molecular complexity index is 680. The zero-order valence-electron chi connectivity index (χ0n) is 14.8. The second-order valence-corrected chi connectivity index (χ2v) is 6.02. The topological polar surface area (TPSA) is 49.9 Å². The second kappa shape index (κ2) is 7.87. The third-order valence-corrected chi connectivity index (χ3v) is 4.11. The number of rotatable bonds is 3. The first-order chi connectivity index (χ1) is 11.4. The molecule has 1 aliphatic heterocycles. The summed E-state index contributed by atoms with van der Waals surface area (Å²) in [6, 6.07) is 5.95. The first-order valence-corrected chi connectivity index (χ1v) is 8.16. The highest BCUT2D eigenvalue weighted by molar-refractivity contribution is 5.93.